The van der Waals surface area contributed by atoms with Gasteiger partial charge in [-0.05, 0) is 31.9 Å². The number of amides is 1. The highest BCUT2D eigenvalue weighted by Gasteiger charge is 2.26. The molecule has 2 heterocycles. The summed E-state index contributed by atoms with van der Waals surface area (Å²) in [6, 6.07) is 3.99. The number of carboxylic acid groups (broad SMARTS) is 1. The maximum atomic E-state index is 13.1. The number of nitrogens with zero attached hydrogens (tertiary/aromatic N) is 3. The average molecular weight is 396 g/mol. The van der Waals surface area contributed by atoms with E-state index in [1.807, 2.05) is 0 Å². The molecule has 144 valence electrons. The number of ether oxygens (including phenoxy) is 1. The molecule has 0 bridgehead atoms. The molecule has 0 aliphatic carbocycles. The summed E-state index contributed by atoms with van der Waals surface area (Å²) in [7, 11) is 0. The number of hydrogen-bond acceptors (Lipinski definition) is 4. The Kier molecular flexibility index (Phi) is 5.65. The van der Waals surface area contributed by atoms with Gasteiger partial charge in [-0.3, -0.25) is 9.48 Å². The summed E-state index contributed by atoms with van der Waals surface area (Å²) in [5.74, 6) is -1.38. The Morgan fingerprint density at radius 1 is 1.37 bits per heavy atom. The number of carbonyl (C=O) groups excluding carboxylic acids is 1. The van der Waals surface area contributed by atoms with Crippen molar-refractivity contribution in [3.05, 3.63) is 46.5 Å². The minimum atomic E-state index is -0.996. The second kappa shape index (κ2) is 7.96. The zero-order valence-electron chi connectivity index (χ0n) is 14.7. The molecule has 0 radical (unpaired) electrons. The van der Waals surface area contributed by atoms with Gasteiger partial charge in [-0.1, -0.05) is 11.6 Å². The van der Waals surface area contributed by atoms with E-state index < -0.39 is 11.8 Å². The van der Waals surface area contributed by atoms with Gasteiger partial charge in [-0.2, -0.15) is 5.10 Å². The van der Waals surface area contributed by atoms with Crippen molar-refractivity contribution >= 4 is 23.5 Å². The summed E-state index contributed by atoms with van der Waals surface area (Å²) < 4.78 is 20.3. The second-order valence-corrected chi connectivity index (χ2v) is 6.78. The lowest BCUT2D eigenvalue weighted by Crippen LogP contribution is -2.41. The normalized spacial score (nSPS) is 15.0. The van der Waals surface area contributed by atoms with Crippen molar-refractivity contribution in [2.45, 2.75) is 25.8 Å². The van der Waals surface area contributed by atoms with Gasteiger partial charge < -0.3 is 14.7 Å². The number of aromatic nitrogens is 2. The number of piperidine rings is 1. The number of aromatic carboxylic acids is 1. The van der Waals surface area contributed by atoms with Crippen LogP contribution in [0.1, 0.15) is 34.9 Å². The molecule has 9 heteroatoms. The number of likely N-dealkylation sites (tertiary alicyclic amines) is 1. The fourth-order valence-corrected chi connectivity index (χ4v) is 3.33. The van der Waals surface area contributed by atoms with Crippen LogP contribution < -0.4 is 4.74 Å². The topological polar surface area (TPSA) is 84.7 Å². The number of hydrogen-bond donors (Lipinski definition) is 1. The van der Waals surface area contributed by atoms with Crippen molar-refractivity contribution in [1.29, 1.82) is 0 Å². The molecule has 0 unspecified atom stereocenters. The molecule has 0 atom stereocenters. The van der Waals surface area contributed by atoms with Crippen molar-refractivity contribution in [2.75, 3.05) is 19.7 Å². The molecule has 1 N–H and O–H groups in total. The third-order valence-electron chi connectivity index (χ3n) is 4.69. The first-order valence-electron chi connectivity index (χ1n) is 8.50. The molecule has 3 rings (SSSR count). The monoisotopic (exact) mass is 395 g/mol. The van der Waals surface area contributed by atoms with E-state index in [4.69, 9.17) is 21.4 Å². The number of halogens is 2. The van der Waals surface area contributed by atoms with Crippen LogP contribution in [0.3, 0.4) is 0 Å². The van der Waals surface area contributed by atoms with E-state index in [0.717, 1.165) is 0 Å². The number of carboxylic acids is 1. The quantitative estimate of drug-likeness (QED) is 0.841. The summed E-state index contributed by atoms with van der Waals surface area (Å²) >= 11 is 5.69. The number of carbonyl (C=O) groups is 2. The lowest BCUT2D eigenvalue weighted by molar-refractivity contribution is -0.134. The highest BCUT2D eigenvalue weighted by molar-refractivity contribution is 6.30. The minimum Gasteiger partial charge on any atom is -0.484 e. The van der Waals surface area contributed by atoms with Crippen LogP contribution in [0, 0.1) is 12.7 Å². The summed E-state index contributed by atoms with van der Waals surface area (Å²) in [6.07, 6.45) is 2.71. The fourth-order valence-electron chi connectivity index (χ4n) is 3.16. The standard InChI is InChI=1S/C18H19ClFN3O4/c1-11-14(18(25)26)9-21-23(11)12-4-6-22(7-5-12)17(24)10-27-13-2-3-16(20)15(19)8-13/h2-3,8-9,12H,4-7,10H2,1H3,(H,25,26). The van der Waals surface area contributed by atoms with Crippen LogP contribution in [0.5, 0.6) is 5.75 Å². The van der Waals surface area contributed by atoms with Crippen LogP contribution in [-0.4, -0.2) is 51.4 Å². The first kappa shape index (κ1) is 19.2. The lowest BCUT2D eigenvalue weighted by Gasteiger charge is -2.32. The molecular formula is C18H19ClFN3O4. The molecule has 1 aromatic carbocycles. The highest BCUT2D eigenvalue weighted by atomic mass is 35.5. The fraction of sp³-hybridized carbons (Fsp3) is 0.389. The molecule has 1 amide bonds. The van der Waals surface area contributed by atoms with E-state index >= 15 is 0 Å². The van der Waals surface area contributed by atoms with E-state index in [1.165, 1.54) is 24.4 Å². The predicted octanol–water partition coefficient (Wildman–Crippen LogP) is 2.92. The third kappa shape index (κ3) is 4.21. The van der Waals surface area contributed by atoms with Crippen LogP contribution in [-0.2, 0) is 4.79 Å². The van der Waals surface area contributed by atoms with Crippen molar-refractivity contribution in [1.82, 2.24) is 14.7 Å². The first-order chi connectivity index (χ1) is 12.9. The minimum absolute atomic E-state index is 0.0546. The average Bonchev–Trinajstić information content (AvgIpc) is 3.04. The molecule has 1 aromatic heterocycles. The SMILES string of the molecule is Cc1c(C(=O)O)cnn1C1CCN(C(=O)COc2ccc(F)c(Cl)c2)CC1. The van der Waals surface area contributed by atoms with Gasteiger partial charge >= 0.3 is 5.97 Å². The highest BCUT2D eigenvalue weighted by Crippen LogP contribution is 2.25. The maximum absolute atomic E-state index is 13.1. The van der Waals surface area contributed by atoms with Crippen LogP contribution in [0.15, 0.2) is 24.4 Å². The Balaban J connectivity index is 1.53. The molecular weight excluding hydrogens is 377 g/mol. The molecule has 0 saturated carbocycles. The van der Waals surface area contributed by atoms with Gasteiger partial charge in [0.2, 0.25) is 0 Å². The maximum Gasteiger partial charge on any atom is 0.339 e. The van der Waals surface area contributed by atoms with Crippen LogP contribution in [0.2, 0.25) is 5.02 Å². The molecule has 0 spiro atoms. The summed E-state index contributed by atoms with van der Waals surface area (Å²) in [4.78, 5) is 25.2. The zero-order valence-corrected chi connectivity index (χ0v) is 15.4. The predicted molar refractivity (Wildman–Crippen MR) is 95.7 cm³/mol. The van der Waals surface area contributed by atoms with Crippen LogP contribution in [0.4, 0.5) is 4.39 Å². The molecule has 7 nitrogen and oxygen atoms in total. The van der Waals surface area contributed by atoms with Crippen molar-refractivity contribution < 1.29 is 23.8 Å². The molecule has 1 fully saturated rings. The third-order valence-corrected chi connectivity index (χ3v) is 4.98. The van der Waals surface area contributed by atoms with E-state index in [9.17, 15) is 14.0 Å². The summed E-state index contributed by atoms with van der Waals surface area (Å²) in [6.45, 7) is 2.63. The molecule has 1 aliphatic heterocycles. The van der Waals surface area contributed by atoms with Gasteiger partial charge in [0.15, 0.2) is 6.61 Å². The Morgan fingerprint density at radius 2 is 2.07 bits per heavy atom. The first-order valence-corrected chi connectivity index (χ1v) is 8.87. The van der Waals surface area contributed by atoms with Crippen molar-refractivity contribution in [3.63, 3.8) is 0 Å². The molecule has 1 aliphatic rings. The lowest BCUT2D eigenvalue weighted by atomic mass is 10.0. The largest absolute Gasteiger partial charge is 0.484 e. The second-order valence-electron chi connectivity index (χ2n) is 6.37. The number of benzene rings is 1. The van der Waals surface area contributed by atoms with Crippen LogP contribution in [0.25, 0.3) is 0 Å². The Hall–Kier alpha value is -2.61. The molecule has 2 aromatic rings. The Morgan fingerprint density at radius 3 is 2.67 bits per heavy atom. The van der Waals surface area contributed by atoms with E-state index in [-0.39, 0.29) is 29.1 Å². The Labute approximate surface area is 160 Å². The Bertz CT molecular complexity index is 862. The summed E-state index contributed by atoms with van der Waals surface area (Å²) in [5.41, 5.74) is 0.809. The summed E-state index contributed by atoms with van der Waals surface area (Å²) in [5, 5.41) is 13.3. The van der Waals surface area contributed by atoms with Gasteiger partial charge in [0.05, 0.1) is 23.0 Å². The van der Waals surface area contributed by atoms with E-state index in [1.54, 1.807) is 16.5 Å². The van der Waals surface area contributed by atoms with Crippen molar-refractivity contribution in [2.24, 2.45) is 0 Å². The smallest absolute Gasteiger partial charge is 0.339 e. The van der Waals surface area contributed by atoms with Gasteiger partial charge in [-0.25, -0.2) is 9.18 Å². The van der Waals surface area contributed by atoms with E-state index in [2.05, 4.69) is 5.10 Å². The molecule has 27 heavy (non-hydrogen) atoms. The van der Waals surface area contributed by atoms with Gasteiger partial charge in [-0.15, -0.1) is 0 Å². The van der Waals surface area contributed by atoms with Gasteiger partial charge in [0, 0.05) is 19.2 Å². The zero-order chi connectivity index (χ0) is 19.6. The van der Waals surface area contributed by atoms with Gasteiger partial charge in [0.25, 0.3) is 5.91 Å². The molecule has 1 saturated heterocycles. The van der Waals surface area contributed by atoms with Crippen molar-refractivity contribution in [3.8, 4) is 5.75 Å². The number of rotatable bonds is 5. The van der Waals surface area contributed by atoms with E-state index in [0.29, 0.717) is 37.4 Å². The van der Waals surface area contributed by atoms with Crippen LogP contribution >= 0.6 is 11.6 Å². The van der Waals surface area contributed by atoms with Gasteiger partial charge in [0.1, 0.15) is 17.1 Å².